The Morgan fingerprint density at radius 3 is 2.05 bits per heavy atom. The molecule has 114 valence electrons. The highest BCUT2D eigenvalue weighted by molar-refractivity contribution is 7.40. The molecule has 0 radical (unpaired) electrons. The molecule has 0 aromatic carbocycles. The van der Waals surface area contributed by atoms with Gasteiger partial charge < -0.3 is 4.43 Å². The molecule has 1 aliphatic heterocycles. The standard InChI is InChI=1S/C15H36OSi3/c1-3-4-5-6-7-8-9-10-11-12-14-19-16-13-15-18(2)17-19/h18-19H,3-15,17H2,1-2H3. The third-order valence-corrected chi connectivity index (χ3v) is 27.9. The topological polar surface area (TPSA) is 9.23 Å². The van der Waals surface area contributed by atoms with Crippen molar-refractivity contribution in [2.45, 2.75) is 89.8 Å². The molecule has 1 heterocycles. The molecule has 1 nitrogen and oxygen atoms in total. The Bertz CT molecular complexity index is 202. The molecular formula is C15H36OSi3. The van der Waals surface area contributed by atoms with Crippen molar-refractivity contribution in [3.05, 3.63) is 0 Å². The highest BCUT2D eigenvalue weighted by atomic mass is 29.6. The highest BCUT2D eigenvalue weighted by Crippen LogP contribution is 2.14. The van der Waals surface area contributed by atoms with Crippen molar-refractivity contribution in [3.63, 3.8) is 0 Å². The maximum Gasteiger partial charge on any atom is 0.155 e. The minimum Gasteiger partial charge on any atom is -0.425 e. The molecule has 0 aliphatic carbocycles. The molecule has 0 bridgehead atoms. The molecule has 0 amide bonds. The number of rotatable bonds is 11. The van der Waals surface area contributed by atoms with Crippen LogP contribution in [0.2, 0.25) is 18.6 Å². The minimum absolute atomic E-state index is 0.161. The van der Waals surface area contributed by atoms with Gasteiger partial charge in [0.25, 0.3) is 0 Å². The fourth-order valence-electron chi connectivity index (χ4n) is 3.13. The van der Waals surface area contributed by atoms with E-state index in [0.29, 0.717) is 8.55 Å². The molecule has 1 saturated heterocycles. The zero-order valence-corrected chi connectivity index (χ0v) is 17.2. The molecule has 0 aromatic rings. The van der Waals surface area contributed by atoms with Gasteiger partial charge in [0.2, 0.25) is 0 Å². The Balaban J connectivity index is 1.78. The fraction of sp³-hybridized carbons (Fsp3) is 1.00. The maximum absolute atomic E-state index is 6.07. The smallest absolute Gasteiger partial charge is 0.155 e. The van der Waals surface area contributed by atoms with Crippen molar-refractivity contribution < 1.29 is 4.43 Å². The number of hydrogen-bond acceptors (Lipinski definition) is 1. The van der Waals surface area contributed by atoms with Gasteiger partial charge in [0.1, 0.15) is 0 Å². The lowest BCUT2D eigenvalue weighted by Gasteiger charge is -2.24. The van der Waals surface area contributed by atoms with E-state index in [4.69, 9.17) is 4.43 Å². The lowest BCUT2D eigenvalue weighted by Crippen LogP contribution is -2.42. The van der Waals surface area contributed by atoms with Crippen molar-refractivity contribution in [2.24, 2.45) is 0 Å². The molecule has 0 saturated carbocycles. The van der Waals surface area contributed by atoms with Gasteiger partial charge in [0.05, 0.1) is 0 Å². The van der Waals surface area contributed by atoms with Gasteiger partial charge >= 0.3 is 0 Å². The van der Waals surface area contributed by atoms with Crippen LogP contribution in [-0.4, -0.2) is 32.0 Å². The van der Waals surface area contributed by atoms with Crippen molar-refractivity contribution in [2.75, 3.05) is 6.61 Å². The predicted octanol–water partition coefficient (Wildman–Crippen LogP) is 3.68. The Labute approximate surface area is 126 Å². The van der Waals surface area contributed by atoms with Crippen molar-refractivity contribution in [1.29, 1.82) is 0 Å². The lowest BCUT2D eigenvalue weighted by molar-refractivity contribution is 0.349. The van der Waals surface area contributed by atoms with Crippen LogP contribution >= 0.6 is 0 Å². The van der Waals surface area contributed by atoms with Crippen LogP contribution in [0.3, 0.4) is 0 Å². The van der Waals surface area contributed by atoms with Crippen LogP contribution in [0.5, 0.6) is 0 Å². The second-order valence-electron chi connectivity index (χ2n) is 6.59. The molecule has 2 unspecified atom stereocenters. The Morgan fingerprint density at radius 1 is 0.895 bits per heavy atom. The van der Waals surface area contributed by atoms with E-state index in [9.17, 15) is 0 Å². The van der Waals surface area contributed by atoms with E-state index in [-0.39, 0.29) is 8.31 Å². The van der Waals surface area contributed by atoms with Crippen LogP contribution in [0.1, 0.15) is 71.1 Å². The molecule has 2 atom stereocenters. The third-order valence-electron chi connectivity index (χ3n) is 4.51. The summed E-state index contributed by atoms with van der Waals surface area (Å²) in [6.45, 7) is 6.06. The molecule has 1 fully saturated rings. The van der Waals surface area contributed by atoms with E-state index >= 15 is 0 Å². The summed E-state index contributed by atoms with van der Waals surface area (Å²) in [4.78, 5) is 0. The maximum atomic E-state index is 6.07. The van der Waals surface area contributed by atoms with E-state index < -0.39 is 8.56 Å². The summed E-state index contributed by atoms with van der Waals surface area (Å²) in [5.74, 6) is 0. The Kier molecular flexibility index (Phi) is 11.5. The largest absolute Gasteiger partial charge is 0.425 e. The summed E-state index contributed by atoms with van der Waals surface area (Å²) in [5.41, 5.74) is 0. The van der Waals surface area contributed by atoms with Gasteiger partial charge in [-0.25, -0.2) is 0 Å². The van der Waals surface area contributed by atoms with E-state index in [2.05, 4.69) is 13.5 Å². The normalized spacial score (nSPS) is 24.9. The van der Waals surface area contributed by atoms with Gasteiger partial charge in [0, 0.05) is 23.5 Å². The summed E-state index contributed by atoms with van der Waals surface area (Å²) in [5, 5.41) is 0. The molecule has 0 N–H and O–H groups in total. The van der Waals surface area contributed by atoms with Crippen molar-refractivity contribution in [3.8, 4) is 0 Å². The minimum atomic E-state index is -0.561. The molecule has 1 aliphatic rings. The molecule has 0 spiro atoms. The molecule has 1 rings (SSSR count). The zero-order chi connectivity index (χ0) is 13.8. The number of hydrogen-bond donors (Lipinski definition) is 0. The second kappa shape index (κ2) is 12.4. The Morgan fingerprint density at radius 2 is 1.47 bits per heavy atom. The first-order valence-corrected chi connectivity index (χ1v) is 18.7. The highest BCUT2D eigenvalue weighted by Gasteiger charge is 2.21. The van der Waals surface area contributed by atoms with E-state index in [1.807, 2.05) is 0 Å². The third kappa shape index (κ3) is 10.0. The average molecular weight is 317 g/mol. The quantitative estimate of drug-likeness (QED) is 0.417. The van der Waals surface area contributed by atoms with Gasteiger partial charge in [0.15, 0.2) is 8.56 Å². The monoisotopic (exact) mass is 316 g/mol. The first-order chi connectivity index (χ1) is 9.33. The van der Waals surface area contributed by atoms with Crippen molar-refractivity contribution in [1.82, 2.24) is 0 Å². The second-order valence-corrected chi connectivity index (χ2v) is 24.6. The van der Waals surface area contributed by atoms with E-state index in [0.717, 1.165) is 6.61 Å². The SMILES string of the molecule is CCCCCCCCCCCC[SiH]1OCC[SiH](C)[SiH2]1. The number of unbranched alkanes of at least 4 members (excludes halogenated alkanes) is 9. The fourth-order valence-corrected chi connectivity index (χ4v) is 26.8. The van der Waals surface area contributed by atoms with Gasteiger partial charge in [-0.3, -0.25) is 0 Å². The summed E-state index contributed by atoms with van der Waals surface area (Å²) in [6, 6.07) is 3.05. The van der Waals surface area contributed by atoms with E-state index in [1.165, 1.54) is 70.3 Å². The first-order valence-electron chi connectivity index (χ1n) is 8.94. The Hall–Kier alpha value is 0.611. The lowest BCUT2D eigenvalue weighted by atomic mass is 10.1. The molecular weight excluding hydrogens is 280 g/mol. The first kappa shape index (κ1) is 17.7. The summed E-state index contributed by atoms with van der Waals surface area (Å²) in [6.07, 6.45) is 14.7. The van der Waals surface area contributed by atoms with Crippen molar-refractivity contribution >= 4 is 25.4 Å². The van der Waals surface area contributed by atoms with Crippen LogP contribution in [-0.2, 0) is 4.43 Å². The van der Waals surface area contributed by atoms with Gasteiger partial charge in [-0.2, -0.15) is 0 Å². The zero-order valence-electron chi connectivity index (χ0n) is 13.5. The van der Waals surface area contributed by atoms with Gasteiger partial charge in [-0.15, -0.1) is 0 Å². The van der Waals surface area contributed by atoms with Gasteiger partial charge in [-0.05, 0) is 12.1 Å². The summed E-state index contributed by atoms with van der Waals surface area (Å²) < 4.78 is 6.07. The predicted molar refractivity (Wildman–Crippen MR) is 96.1 cm³/mol. The van der Waals surface area contributed by atoms with Crippen LogP contribution < -0.4 is 0 Å². The molecule has 19 heavy (non-hydrogen) atoms. The van der Waals surface area contributed by atoms with Crippen LogP contribution in [0.4, 0.5) is 0 Å². The average Bonchev–Trinajstić information content (AvgIpc) is 2.41. The van der Waals surface area contributed by atoms with Gasteiger partial charge in [-0.1, -0.05) is 77.7 Å². The summed E-state index contributed by atoms with van der Waals surface area (Å²) in [7, 11) is -0.376. The molecule has 4 heteroatoms. The van der Waals surface area contributed by atoms with Crippen LogP contribution in [0.25, 0.3) is 0 Å². The van der Waals surface area contributed by atoms with Crippen LogP contribution in [0.15, 0.2) is 0 Å². The van der Waals surface area contributed by atoms with E-state index in [1.54, 1.807) is 6.04 Å². The van der Waals surface area contributed by atoms with Crippen LogP contribution in [0, 0.1) is 0 Å². The summed E-state index contributed by atoms with van der Waals surface area (Å²) >= 11 is 0. The molecule has 0 aromatic heterocycles.